The molecule has 0 saturated carbocycles. The maximum Gasteiger partial charge on any atom is 0.255 e. The molecule has 8 nitrogen and oxygen atoms in total. The standard InChI is InChI=1S/C27H26N6O2/c28-25(34)21-11-5-12-22-24(21)29-17-30-26(22)32-23(16-33-13-6-14-33)19-9-4-10-20(15-19)31-27(35)18-7-2-1-3-8-18/h1-5,7-12,15,17,23H,6,13-14,16H2,(H2,28,34)(H,31,35)(H,29,30,32). The van der Waals surface area contributed by atoms with Crippen LogP contribution in [-0.2, 0) is 0 Å². The number of aromatic nitrogens is 2. The zero-order valence-corrected chi connectivity index (χ0v) is 19.1. The van der Waals surface area contributed by atoms with E-state index in [4.69, 9.17) is 5.73 Å². The summed E-state index contributed by atoms with van der Waals surface area (Å²) in [5.41, 5.74) is 8.76. The van der Waals surface area contributed by atoms with Crippen LogP contribution in [0, 0.1) is 0 Å². The zero-order chi connectivity index (χ0) is 24.2. The average molecular weight is 467 g/mol. The van der Waals surface area contributed by atoms with Gasteiger partial charge in [-0.05, 0) is 61.5 Å². The minimum absolute atomic E-state index is 0.0980. The van der Waals surface area contributed by atoms with Crippen molar-refractivity contribution in [3.05, 3.63) is 95.8 Å². The molecule has 1 aromatic heterocycles. The Morgan fingerprint density at radius 3 is 2.51 bits per heavy atom. The highest BCUT2D eigenvalue weighted by atomic mass is 16.2. The second kappa shape index (κ2) is 9.90. The average Bonchev–Trinajstić information content (AvgIpc) is 2.85. The number of fused-ring (bicyclic) bond motifs is 1. The van der Waals surface area contributed by atoms with Crippen molar-refractivity contribution in [1.82, 2.24) is 14.9 Å². The van der Waals surface area contributed by atoms with Crippen LogP contribution in [0.3, 0.4) is 0 Å². The molecule has 4 aromatic rings. The molecule has 35 heavy (non-hydrogen) atoms. The number of rotatable bonds is 8. The fraction of sp³-hybridized carbons (Fsp3) is 0.185. The van der Waals surface area contributed by atoms with Crippen molar-refractivity contribution < 1.29 is 9.59 Å². The lowest BCUT2D eigenvalue weighted by atomic mass is 10.0. The quantitative estimate of drug-likeness (QED) is 0.364. The topological polar surface area (TPSA) is 113 Å². The number of carbonyl (C=O) groups excluding carboxylic acids is 2. The Morgan fingerprint density at radius 2 is 1.77 bits per heavy atom. The van der Waals surface area contributed by atoms with Gasteiger partial charge in [0.25, 0.3) is 11.8 Å². The molecule has 1 aliphatic heterocycles. The highest BCUT2D eigenvalue weighted by Gasteiger charge is 2.22. The summed E-state index contributed by atoms with van der Waals surface area (Å²) in [6.07, 6.45) is 2.62. The number of anilines is 2. The number of nitrogens with two attached hydrogens (primary N) is 1. The highest BCUT2D eigenvalue weighted by Crippen LogP contribution is 2.28. The number of likely N-dealkylation sites (tertiary alicyclic amines) is 1. The molecule has 1 saturated heterocycles. The molecule has 2 amide bonds. The summed E-state index contributed by atoms with van der Waals surface area (Å²) in [5.74, 6) is -0.0580. The third-order valence-corrected chi connectivity index (χ3v) is 6.21. The van der Waals surface area contributed by atoms with Crippen molar-refractivity contribution in [2.24, 2.45) is 5.73 Å². The number of carbonyl (C=O) groups is 2. The molecule has 1 unspecified atom stereocenters. The Labute approximate surface area is 203 Å². The lowest BCUT2D eigenvalue weighted by Crippen LogP contribution is -2.41. The van der Waals surface area contributed by atoms with Crippen LogP contribution in [0.5, 0.6) is 0 Å². The van der Waals surface area contributed by atoms with Gasteiger partial charge >= 0.3 is 0 Å². The van der Waals surface area contributed by atoms with Crippen LogP contribution in [0.15, 0.2) is 79.1 Å². The van der Waals surface area contributed by atoms with E-state index in [-0.39, 0.29) is 11.9 Å². The summed E-state index contributed by atoms with van der Waals surface area (Å²) in [5, 5.41) is 7.28. The Bertz CT molecular complexity index is 1370. The molecule has 1 aliphatic rings. The number of amides is 2. The van der Waals surface area contributed by atoms with Gasteiger partial charge in [0.1, 0.15) is 12.1 Å². The van der Waals surface area contributed by atoms with Crippen LogP contribution >= 0.6 is 0 Å². The fourth-order valence-corrected chi connectivity index (χ4v) is 4.25. The lowest BCUT2D eigenvalue weighted by molar-refractivity contribution is 0.0998. The van der Waals surface area contributed by atoms with Crippen LogP contribution < -0.4 is 16.4 Å². The molecule has 0 radical (unpaired) electrons. The Kier molecular flexibility index (Phi) is 6.36. The van der Waals surface area contributed by atoms with Crippen LogP contribution in [0.1, 0.15) is 38.7 Å². The van der Waals surface area contributed by atoms with Gasteiger partial charge in [-0.15, -0.1) is 0 Å². The number of nitrogens with zero attached hydrogens (tertiary/aromatic N) is 3. The summed E-state index contributed by atoms with van der Waals surface area (Å²) in [4.78, 5) is 35.7. The number of nitrogens with one attached hydrogen (secondary N) is 2. The van der Waals surface area contributed by atoms with E-state index in [1.54, 1.807) is 24.3 Å². The van der Waals surface area contributed by atoms with Crippen molar-refractivity contribution in [3.63, 3.8) is 0 Å². The smallest absolute Gasteiger partial charge is 0.255 e. The molecule has 0 bridgehead atoms. The summed E-state index contributed by atoms with van der Waals surface area (Å²) in [7, 11) is 0. The number of hydrogen-bond donors (Lipinski definition) is 3. The van der Waals surface area contributed by atoms with Gasteiger partial charge in [-0.1, -0.05) is 36.4 Å². The summed E-state index contributed by atoms with van der Waals surface area (Å²) < 4.78 is 0. The van der Waals surface area contributed by atoms with Gasteiger partial charge < -0.3 is 21.3 Å². The maximum atomic E-state index is 12.7. The van der Waals surface area contributed by atoms with E-state index in [9.17, 15) is 9.59 Å². The van der Waals surface area contributed by atoms with E-state index in [0.29, 0.717) is 22.5 Å². The molecule has 1 atom stereocenters. The van der Waals surface area contributed by atoms with Gasteiger partial charge in [-0.25, -0.2) is 9.97 Å². The first-order chi connectivity index (χ1) is 17.1. The SMILES string of the molecule is NC(=O)c1cccc2c(NC(CN3CCC3)c3cccc(NC(=O)c4ccccc4)c3)ncnc12. The summed E-state index contributed by atoms with van der Waals surface area (Å²) >= 11 is 0. The van der Waals surface area contributed by atoms with Gasteiger partial charge in [-0.3, -0.25) is 9.59 Å². The zero-order valence-electron chi connectivity index (χ0n) is 19.1. The largest absolute Gasteiger partial charge is 0.366 e. The first-order valence-electron chi connectivity index (χ1n) is 11.6. The van der Waals surface area contributed by atoms with E-state index >= 15 is 0 Å². The highest BCUT2D eigenvalue weighted by molar-refractivity contribution is 6.07. The molecule has 1 fully saturated rings. The van der Waals surface area contributed by atoms with E-state index in [2.05, 4.69) is 25.5 Å². The third-order valence-electron chi connectivity index (χ3n) is 6.21. The minimum atomic E-state index is -0.528. The van der Waals surface area contributed by atoms with Crippen molar-refractivity contribution in [2.75, 3.05) is 30.3 Å². The molecule has 4 N–H and O–H groups in total. The Morgan fingerprint density at radius 1 is 0.971 bits per heavy atom. The van der Waals surface area contributed by atoms with Crippen LogP contribution in [0.4, 0.5) is 11.5 Å². The van der Waals surface area contributed by atoms with Gasteiger partial charge in [0.05, 0.1) is 17.1 Å². The number of para-hydroxylation sites is 1. The molecule has 8 heteroatoms. The van der Waals surface area contributed by atoms with E-state index in [1.165, 1.54) is 12.7 Å². The third kappa shape index (κ3) is 4.97. The van der Waals surface area contributed by atoms with Crippen molar-refractivity contribution in [2.45, 2.75) is 12.5 Å². The molecule has 0 aliphatic carbocycles. The predicted molar refractivity (Wildman–Crippen MR) is 136 cm³/mol. The Hall–Kier alpha value is -4.30. The minimum Gasteiger partial charge on any atom is -0.366 e. The monoisotopic (exact) mass is 466 g/mol. The normalized spacial score (nSPS) is 14.2. The molecular weight excluding hydrogens is 440 g/mol. The predicted octanol–water partition coefficient (Wildman–Crippen LogP) is 3.84. The second-order valence-electron chi connectivity index (χ2n) is 8.58. The van der Waals surface area contributed by atoms with E-state index < -0.39 is 5.91 Å². The molecular formula is C27H26N6O2. The molecule has 2 heterocycles. The van der Waals surface area contributed by atoms with Crippen molar-refractivity contribution in [1.29, 1.82) is 0 Å². The molecule has 5 rings (SSSR count). The second-order valence-corrected chi connectivity index (χ2v) is 8.58. The molecule has 3 aromatic carbocycles. The van der Waals surface area contributed by atoms with E-state index in [1.807, 2.05) is 48.5 Å². The maximum absolute atomic E-state index is 12.7. The summed E-state index contributed by atoms with van der Waals surface area (Å²) in [6, 6.07) is 22.2. The first-order valence-corrected chi connectivity index (χ1v) is 11.6. The Balaban J connectivity index is 1.45. The van der Waals surface area contributed by atoms with Gasteiger partial charge in [0, 0.05) is 23.2 Å². The number of benzene rings is 3. The van der Waals surface area contributed by atoms with Crippen LogP contribution in [0.25, 0.3) is 10.9 Å². The molecule has 0 spiro atoms. The van der Waals surface area contributed by atoms with Gasteiger partial charge in [0.15, 0.2) is 0 Å². The number of hydrogen-bond acceptors (Lipinski definition) is 6. The number of primary amides is 1. The van der Waals surface area contributed by atoms with Crippen LogP contribution in [0.2, 0.25) is 0 Å². The van der Waals surface area contributed by atoms with E-state index in [0.717, 1.165) is 36.3 Å². The van der Waals surface area contributed by atoms with Crippen molar-refractivity contribution >= 4 is 34.2 Å². The van der Waals surface area contributed by atoms with Gasteiger partial charge in [-0.2, -0.15) is 0 Å². The first kappa shape index (κ1) is 22.5. The van der Waals surface area contributed by atoms with Gasteiger partial charge in [0.2, 0.25) is 0 Å². The summed E-state index contributed by atoms with van der Waals surface area (Å²) in [6.45, 7) is 2.86. The van der Waals surface area contributed by atoms with Crippen LogP contribution in [-0.4, -0.2) is 46.3 Å². The molecule has 176 valence electrons. The fourth-order valence-electron chi connectivity index (χ4n) is 4.25. The van der Waals surface area contributed by atoms with Crippen molar-refractivity contribution in [3.8, 4) is 0 Å². The lowest BCUT2D eigenvalue weighted by Gasteiger charge is -2.35.